The summed E-state index contributed by atoms with van der Waals surface area (Å²) in [5.41, 5.74) is 2.26. The zero-order valence-electron chi connectivity index (χ0n) is 21.1. The highest BCUT2D eigenvalue weighted by Gasteiger charge is 2.32. The number of carbonyl (C=O) groups is 1. The molecule has 3 aromatic carbocycles. The Morgan fingerprint density at radius 2 is 1.85 bits per heavy atom. The van der Waals surface area contributed by atoms with E-state index in [0.717, 1.165) is 29.3 Å². The molecule has 2 aromatic heterocycles. The Hall–Kier alpha value is -4.85. The van der Waals surface area contributed by atoms with Gasteiger partial charge in [0.25, 0.3) is 5.56 Å². The number of phenols is 2. The molecule has 3 heterocycles. The Morgan fingerprint density at radius 1 is 1.05 bits per heavy atom. The molecule has 8 nitrogen and oxygen atoms in total. The van der Waals surface area contributed by atoms with Gasteiger partial charge in [-0.15, -0.1) is 0 Å². The zero-order chi connectivity index (χ0) is 27.3. The third-order valence-corrected chi connectivity index (χ3v) is 7.48. The van der Waals surface area contributed by atoms with Crippen molar-refractivity contribution < 1.29 is 24.2 Å². The van der Waals surface area contributed by atoms with Gasteiger partial charge in [-0.05, 0) is 47.1 Å². The smallest absolute Gasteiger partial charge is 0.336 e. The van der Waals surface area contributed by atoms with Crippen molar-refractivity contribution in [2.75, 3.05) is 7.11 Å². The first kappa shape index (κ1) is 24.5. The third kappa shape index (κ3) is 4.05. The number of aromatic nitrogens is 1. The summed E-state index contributed by atoms with van der Waals surface area (Å²) in [5.74, 6) is -2.75. The number of esters is 1. The summed E-state index contributed by atoms with van der Waals surface area (Å²) in [6.07, 6.45) is 1.31. The van der Waals surface area contributed by atoms with E-state index in [4.69, 9.17) is 9.15 Å². The van der Waals surface area contributed by atoms with Gasteiger partial charge in [-0.25, -0.2) is 4.79 Å². The Kier molecular flexibility index (Phi) is 5.95. The molecule has 0 bridgehead atoms. The molecule has 0 amide bonds. The summed E-state index contributed by atoms with van der Waals surface area (Å²) >= 11 is 0. The van der Waals surface area contributed by atoms with E-state index in [1.165, 1.54) is 19.2 Å². The summed E-state index contributed by atoms with van der Waals surface area (Å²) in [6, 6.07) is 19.2. The number of hydrogen-bond acceptors (Lipinski definition) is 7. The summed E-state index contributed by atoms with van der Waals surface area (Å²) in [7, 11) is 1.23. The van der Waals surface area contributed by atoms with Crippen molar-refractivity contribution in [2.45, 2.75) is 31.7 Å². The van der Waals surface area contributed by atoms with Crippen molar-refractivity contribution in [2.24, 2.45) is 0 Å². The summed E-state index contributed by atoms with van der Waals surface area (Å²) < 4.78 is 12.3. The molecule has 5 aromatic rings. The number of ether oxygens (including phenoxy) is 1. The molecule has 2 N–H and O–H groups in total. The van der Waals surface area contributed by atoms with Crippen molar-refractivity contribution in [3.05, 3.63) is 104 Å². The van der Waals surface area contributed by atoms with Crippen LogP contribution in [0.25, 0.3) is 33.0 Å². The molecule has 1 unspecified atom stereocenters. The van der Waals surface area contributed by atoms with Crippen LogP contribution in [-0.2, 0) is 22.5 Å². The Labute approximate surface area is 222 Å². The van der Waals surface area contributed by atoms with E-state index in [9.17, 15) is 24.6 Å². The molecule has 1 aliphatic heterocycles. The maximum atomic E-state index is 13.9. The molecule has 0 saturated heterocycles. The Balaban J connectivity index is 1.70. The molecule has 0 aliphatic carbocycles. The van der Waals surface area contributed by atoms with Gasteiger partial charge in [-0.1, -0.05) is 48.5 Å². The lowest BCUT2D eigenvalue weighted by molar-refractivity contribution is -0.140. The molecule has 1 aliphatic rings. The monoisotopic (exact) mass is 523 g/mol. The van der Waals surface area contributed by atoms with E-state index < -0.39 is 29.0 Å². The molecule has 8 heteroatoms. The zero-order valence-corrected chi connectivity index (χ0v) is 21.1. The minimum atomic E-state index is -1.08. The van der Waals surface area contributed by atoms with E-state index in [1.807, 2.05) is 48.5 Å². The number of pyridine rings is 1. The molecule has 0 fully saturated rings. The van der Waals surface area contributed by atoms with Crippen molar-refractivity contribution in [1.29, 1.82) is 0 Å². The molecule has 6 rings (SSSR count). The van der Waals surface area contributed by atoms with Crippen LogP contribution >= 0.6 is 0 Å². The number of rotatable bonds is 5. The summed E-state index contributed by atoms with van der Waals surface area (Å²) in [4.78, 5) is 39.4. The first-order valence-electron chi connectivity index (χ1n) is 12.7. The maximum Gasteiger partial charge on any atom is 0.336 e. The number of nitrogens with zero attached hydrogens (tertiary/aromatic N) is 1. The highest BCUT2D eigenvalue weighted by atomic mass is 16.5. The lowest BCUT2D eigenvalue weighted by atomic mass is 9.85. The predicted molar refractivity (Wildman–Crippen MR) is 146 cm³/mol. The van der Waals surface area contributed by atoms with Gasteiger partial charge < -0.3 is 23.9 Å². The maximum absolute atomic E-state index is 13.9. The molecular formula is C31H25NO7. The van der Waals surface area contributed by atoms with Crippen LogP contribution in [0, 0.1) is 0 Å². The number of carbonyl (C=O) groups excluding carboxylic acids is 1. The average Bonchev–Trinajstić information content (AvgIpc) is 2.95. The highest BCUT2D eigenvalue weighted by Crippen LogP contribution is 2.45. The van der Waals surface area contributed by atoms with Gasteiger partial charge in [0.2, 0.25) is 0 Å². The largest absolute Gasteiger partial charge is 0.504 e. The van der Waals surface area contributed by atoms with Gasteiger partial charge in [-0.2, -0.15) is 0 Å². The van der Waals surface area contributed by atoms with Gasteiger partial charge in [-0.3, -0.25) is 9.59 Å². The molecule has 39 heavy (non-hydrogen) atoms. The second kappa shape index (κ2) is 9.47. The van der Waals surface area contributed by atoms with Crippen LogP contribution in [0.1, 0.15) is 35.4 Å². The fourth-order valence-corrected chi connectivity index (χ4v) is 5.73. The number of aromatic hydroxyl groups is 2. The Bertz CT molecular complexity index is 1890. The van der Waals surface area contributed by atoms with Crippen molar-refractivity contribution in [1.82, 2.24) is 4.57 Å². The quantitative estimate of drug-likeness (QED) is 0.192. The normalized spacial score (nSPS) is 13.5. The number of hydrogen-bond donors (Lipinski definition) is 2. The number of aryl methyl sites for hydroxylation is 2. The number of phenolic OH excluding ortho intramolecular Hbond substituents is 2. The molecule has 0 radical (unpaired) electrons. The van der Waals surface area contributed by atoms with Gasteiger partial charge >= 0.3 is 11.6 Å². The minimum Gasteiger partial charge on any atom is -0.504 e. The number of para-hydroxylation sites is 1. The number of benzene rings is 3. The van der Waals surface area contributed by atoms with Crippen LogP contribution < -0.4 is 11.2 Å². The van der Waals surface area contributed by atoms with Crippen LogP contribution in [0.15, 0.2) is 80.7 Å². The second-order valence-corrected chi connectivity index (χ2v) is 9.73. The number of methoxy groups -OCH3 is 1. The van der Waals surface area contributed by atoms with Crippen molar-refractivity contribution in [3.8, 4) is 22.6 Å². The van der Waals surface area contributed by atoms with E-state index in [2.05, 4.69) is 0 Å². The van der Waals surface area contributed by atoms with Crippen LogP contribution in [0.3, 0.4) is 0 Å². The molecule has 1 atom stereocenters. The van der Waals surface area contributed by atoms with Gasteiger partial charge in [0.05, 0.1) is 19.0 Å². The topological polar surface area (TPSA) is 119 Å². The van der Waals surface area contributed by atoms with Gasteiger partial charge in [0.1, 0.15) is 5.58 Å². The minimum absolute atomic E-state index is 0.0163. The second-order valence-electron chi connectivity index (χ2n) is 9.73. The first-order valence-corrected chi connectivity index (χ1v) is 12.7. The van der Waals surface area contributed by atoms with Gasteiger partial charge in [0, 0.05) is 35.0 Å². The predicted octanol–water partition coefficient (Wildman–Crippen LogP) is 4.83. The van der Waals surface area contributed by atoms with E-state index in [-0.39, 0.29) is 28.7 Å². The van der Waals surface area contributed by atoms with Gasteiger partial charge in [0.15, 0.2) is 11.5 Å². The third-order valence-electron chi connectivity index (χ3n) is 7.48. The summed E-state index contributed by atoms with van der Waals surface area (Å²) in [5, 5.41) is 23.2. The standard InChI is InChI=1S/C31H25NO7/c1-38-25(34)16-21(23-13-19-10-5-9-18-11-6-12-32(28(18)19)31(23)37)27-29(36)24(33)14-22-20(15-26(35)39-30(22)27)17-7-3-2-4-8-17/h2-5,7-10,13-15,21,33,36H,6,11-12,16H2,1H3. The van der Waals surface area contributed by atoms with E-state index in [0.29, 0.717) is 23.1 Å². The molecule has 0 spiro atoms. The SMILES string of the molecule is COC(=O)CC(c1cc2cccc3c2n(c1=O)CCC3)c1c(O)c(O)cc2c(-c3ccccc3)cc(=O)oc12. The number of fused-ring (bicyclic) bond motifs is 1. The van der Waals surface area contributed by atoms with E-state index in [1.54, 1.807) is 10.6 Å². The van der Waals surface area contributed by atoms with E-state index >= 15 is 0 Å². The fourth-order valence-electron chi connectivity index (χ4n) is 5.73. The molecular weight excluding hydrogens is 498 g/mol. The van der Waals surface area contributed by atoms with Crippen LogP contribution in [-0.4, -0.2) is 27.9 Å². The lowest BCUT2D eigenvalue weighted by Gasteiger charge is -2.24. The fraction of sp³-hybridized carbons (Fsp3) is 0.194. The summed E-state index contributed by atoms with van der Waals surface area (Å²) in [6.45, 7) is 0.505. The van der Waals surface area contributed by atoms with Crippen molar-refractivity contribution in [3.63, 3.8) is 0 Å². The molecule has 0 saturated carbocycles. The van der Waals surface area contributed by atoms with Crippen LogP contribution in [0.5, 0.6) is 11.5 Å². The first-order chi connectivity index (χ1) is 18.9. The Morgan fingerprint density at radius 3 is 2.62 bits per heavy atom. The van der Waals surface area contributed by atoms with Crippen molar-refractivity contribution >= 4 is 27.8 Å². The lowest BCUT2D eigenvalue weighted by Crippen LogP contribution is -2.30. The highest BCUT2D eigenvalue weighted by molar-refractivity contribution is 5.98. The molecule has 196 valence electrons. The average molecular weight is 524 g/mol. The van der Waals surface area contributed by atoms with Crippen LogP contribution in [0.2, 0.25) is 0 Å². The van der Waals surface area contributed by atoms with Crippen LogP contribution in [0.4, 0.5) is 0 Å².